The van der Waals surface area contributed by atoms with Gasteiger partial charge in [0, 0.05) is 33.9 Å². The Kier molecular flexibility index (Phi) is 8.82. The number of nitrogens with zero attached hydrogens (tertiary/aromatic N) is 3. The Hall–Kier alpha value is -7.75. The van der Waals surface area contributed by atoms with E-state index in [1.807, 2.05) is 42.6 Å². The Morgan fingerprint density at radius 3 is 1.57 bits per heavy atom. The van der Waals surface area contributed by atoms with E-state index >= 15 is 0 Å². The van der Waals surface area contributed by atoms with Gasteiger partial charge in [0.2, 0.25) is 0 Å². The first kappa shape index (κ1) is 36.3. The summed E-state index contributed by atoms with van der Waals surface area (Å²) >= 11 is 0. The summed E-state index contributed by atoms with van der Waals surface area (Å²) in [6.07, 6.45) is 1.91. The van der Waals surface area contributed by atoms with Gasteiger partial charge in [0.25, 0.3) is 0 Å². The summed E-state index contributed by atoms with van der Waals surface area (Å²) in [5, 5.41) is 2.59. The summed E-state index contributed by atoms with van der Waals surface area (Å²) < 4.78 is 0. The van der Waals surface area contributed by atoms with Gasteiger partial charge in [-0.05, 0) is 103 Å². The number of fused-ring (bicyclic) bond motifs is 5. The van der Waals surface area contributed by atoms with Gasteiger partial charge in [-0.3, -0.25) is 4.98 Å². The van der Waals surface area contributed by atoms with E-state index in [1.165, 1.54) is 55.3 Å². The fourth-order valence-corrected chi connectivity index (χ4v) is 9.18. The molecule has 8 aromatic carbocycles. The second kappa shape index (κ2) is 14.8. The van der Waals surface area contributed by atoms with Gasteiger partial charge in [-0.2, -0.15) is 0 Å². The molecule has 0 N–H and O–H groups in total. The minimum absolute atomic E-state index is 0.0903. The molecule has 0 saturated heterocycles. The Labute approximate surface area is 356 Å². The van der Waals surface area contributed by atoms with Gasteiger partial charge >= 0.3 is 0 Å². The van der Waals surface area contributed by atoms with Crippen LogP contribution in [0, 0.1) is 0 Å². The smallest absolute Gasteiger partial charge is 0.160 e. The summed E-state index contributed by atoms with van der Waals surface area (Å²) in [7, 11) is 0. The molecular weight excluding hydrogens is 739 g/mol. The second-order valence-corrected chi connectivity index (χ2v) is 16.4. The van der Waals surface area contributed by atoms with Crippen molar-refractivity contribution in [3.05, 3.63) is 224 Å². The number of pyridine rings is 1. The Morgan fingerprint density at radius 1 is 0.344 bits per heavy atom. The second-order valence-electron chi connectivity index (χ2n) is 16.4. The van der Waals surface area contributed by atoms with Crippen molar-refractivity contribution in [3.8, 4) is 89.7 Å². The number of aromatic nitrogens is 3. The molecule has 61 heavy (non-hydrogen) atoms. The zero-order valence-corrected chi connectivity index (χ0v) is 34.0. The number of hydrogen-bond acceptors (Lipinski definition) is 3. The summed E-state index contributed by atoms with van der Waals surface area (Å²) in [6, 6.07) is 73.5. The predicted octanol–water partition coefficient (Wildman–Crippen LogP) is 15.0. The number of benzene rings is 8. The lowest BCUT2D eigenvalue weighted by molar-refractivity contribution is 0.661. The highest BCUT2D eigenvalue weighted by molar-refractivity contribution is 6.06. The van der Waals surface area contributed by atoms with Gasteiger partial charge in [-0.25, -0.2) is 9.97 Å². The van der Waals surface area contributed by atoms with Crippen molar-refractivity contribution in [2.24, 2.45) is 0 Å². The molecule has 11 rings (SSSR count). The highest BCUT2D eigenvalue weighted by Crippen LogP contribution is 2.54. The molecule has 0 unspecified atom stereocenters. The summed E-state index contributed by atoms with van der Waals surface area (Å²) in [6.45, 7) is 4.72. The van der Waals surface area contributed by atoms with Gasteiger partial charge < -0.3 is 0 Å². The average Bonchev–Trinajstić information content (AvgIpc) is 3.58. The van der Waals surface area contributed by atoms with Crippen molar-refractivity contribution < 1.29 is 0 Å². The first-order chi connectivity index (χ1) is 30.0. The Bertz CT molecular complexity index is 3260. The third-order valence-corrected chi connectivity index (χ3v) is 12.3. The first-order valence-electron chi connectivity index (χ1n) is 20.9. The summed E-state index contributed by atoms with van der Waals surface area (Å²) in [5.74, 6) is 0.678. The van der Waals surface area contributed by atoms with Crippen molar-refractivity contribution in [2.45, 2.75) is 19.3 Å². The van der Waals surface area contributed by atoms with Crippen LogP contribution >= 0.6 is 0 Å². The molecule has 2 aromatic heterocycles. The van der Waals surface area contributed by atoms with Crippen molar-refractivity contribution in [3.63, 3.8) is 0 Å². The van der Waals surface area contributed by atoms with E-state index in [0.29, 0.717) is 5.82 Å². The molecule has 1 aliphatic rings. The molecule has 0 fully saturated rings. The van der Waals surface area contributed by atoms with E-state index < -0.39 is 0 Å². The Morgan fingerprint density at radius 2 is 0.885 bits per heavy atom. The number of rotatable bonds is 7. The molecule has 3 nitrogen and oxygen atoms in total. The largest absolute Gasteiger partial charge is 0.256 e. The molecule has 0 spiro atoms. The van der Waals surface area contributed by atoms with E-state index in [2.05, 4.69) is 184 Å². The van der Waals surface area contributed by atoms with E-state index in [9.17, 15) is 0 Å². The van der Waals surface area contributed by atoms with Gasteiger partial charge in [0.15, 0.2) is 5.82 Å². The highest BCUT2D eigenvalue weighted by Gasteiger charge is 2.37. The SMILES string of the molecule is CC1(C)c2cccc(-c3cccc(-c4cccc(-c5cccc(-c6cc(-c7ccc(-c8ccccc8)nc7)nc(-c7ccccc7)n6)c5)c4)c3)c2-c2c1ccc1ccccc21. The van der Waals surface area contributed by atoms with Crippen molar-refractivity contribution in [1.82, 2.24) is 15.0 Å². The van der Waals surface area contributed by atoms with Crippen LogP contribution in [0.15, 0.2) is 212 Å². The molecule has 10 aromatic rings. The van der Waals surface area contributed by atoms with E-state index in [4.69, 9.17) is 15.0 Å². The monoisotopic (exact) mass is 779 g/mol. The molecule has 3 heteroatoms. The van der Waals surface area contributed by atoms with Gasteiger partial charge in [-0.15, -0.1) is 0 Å². The molecule has 0 saturated carbocycles. The van der Waals surface area contributed by atoms with Crippen LogP contribution in [-0.2, 0) is 5.41 Å². The topological polar surface area (TPSA) is 38.7 Å². The fourth-order valence-electron chi connectivity index (χ4n) is 9.18. The zero-order chi connectivity index (χ0) is 40.9. The third kappa shape index (κ3) is 6.52. The molecule has 2 heterocycles. The molecule has 0 radical (unpaired) electrons. The van der Waals surface area contributed by atoms with Gasteiger partial charge in [0.05, 0.1) is 17.1 Å². The standard InChI is InChI=1S/C58H41N3/c1-58(2)50-28-14-27-49(56(50)55-48-26-10-9-15-38(48)29-31-51(55)58)45-24-12-22-43(34-45)41-20-11-21-42(33-41)44-23-13-25-46(35-44)53-36-54(61-57(60-53)40-18-7-4-8-19-40)47-30-32-52(59-37-47)39-16-5-3-6-17-39/h3-37H,1-2H3. The Balaban J connectivity index is 0.957. The average molecular weight is 780 g/mol. The normalized spacial score (nSPS) is 12.6. The van der Waals surface area contributed by atoms with Gasteiger partial charge in [0.1, 0.15) is 0 Å². The van der Waals surface area contributed by atoms with E-state index in [1.54, 1.807) is 0 Å². The number of hydrogen-bond donors (Lipinski definition) is 0. The summed E-state index contributed by atoms with van der Waals surface area (Å²) in [5.41, 5.74) is 19.1. The zero-order valence-electron chi connectivity index (χ0n) is 34.0. The van der Waals surface area contributed by atoms with Crippen LogP contribution in [0.4, 0.5) is 0 Å². The van der Waals surface area contributed by atoms with Gasteiger partial charge in [-0.1, -0.05) is 184 Å². The lowest BCUT2D eigenvalue weighted by Gasteiger charge is -2.21. The molecule has 0 bridgehead atoms. The van der Waals surface area contributed by atoms with Crippen LogP contribution in [0.3, 0.4) is 0 Å². The van der Waals surface area contributed by atoms with Crippen molar-refractivity contribution in [1.29, 1.82) is 0 Å². The van der Waals surface area contributed by atoms with Crippen LogP contribution in [0.2, 0.25) is 0 Å². The maximum absolute atomic E-state index is 5.14. The maximum Gasteiger partial charge on any atom is 0.160 e. The first-order valence-corrected chi connectivity index (χ1v) is 20.9. The highest BCUT2D eigenvalue weighted by atomic mass is 14.9. The van der Waals surface area contributed by atoms with Crippen LogP contribution in [0.1, 0.15) is 25.0 Å². The molecule has 0 atom stereocenters. The summed E-state index contributed by atoms with van der Waals surface area (Å²) in [4.78, 5) is 15.0. The molecule has 0 amide bonds. The predicted molar refractivity (Wildman–Crippen MR) is 253 cm³/mol. The van der Waals surface area contributed by atoms with E-state index in [-0.39, 0.29) is 5.41 Å². The lowest BCUT2D eigenvalue weighted by atomic mass is 9.81. The molecular formula is C58H41N3. The van der Waals surface area contributed by atoms with E-state index in [0.717, 1.165) is 50.5 Å². The van der Waals surface area contributed by atoms with Crippen LogP contribution in [0.5, 0.6) is 0 Å². The van der Waals surface area contributed by atoms with Crippen molar-refractivity contribution >= 4 is 10.8 Å². The van der Waals surface area contributed by atoms with Crippen LogP contribution in [0.25, 0.3) is 100 Å². The van der Waals surface area contributed by atoms with Crippen molar-refractivity contribution in [2.75, 3.05) is 0 Å². The maximum atomic E-state index is 5.14. The molecule has 0 aliphatic heterocycles. The van der Waals surface area contributed by atoms with Crippen LogP contribution in [-0.4, -0.2) is 15.0 Å². The minimum atomic E-state index is -0.0903. The minimum Gasteiger partial charge on any atom is -0.256 e. The molecule has 288 valence electrons. The quantitative estimate of drug-likeness (QED) is 0.162. The lowest BCUT2D eigenvalue weighted by Crippen LogP contribution is -2.14. The third-order valence-electron chi connectivity index (χ3n) is 12.3. The fraction of sp³-hybridized carbons (Fsp3) is 0.0517. The van der Waals surface area contributed by atoms with Crippen LogP contribution < -0.4 is 0 Å². The molecule has 1 aliphatic carbocycles.